The van der Waals surface area contributed by atoms with E-state index in [1.54, 1.807) is 6.26 Å². The van der Waals surface area contributed by atoms with E-state index in [4.69, 9.17) is 4.42 Å². The number of likely N-dealkylation sites (N-methyl/N-ethyl adjacent to an activating group) is 3. The highest BCUT2D eigenvalue weighted by atomic mass is 16.3. The summed E-state index contributed by atoms with van der Waals surface area (Å²) in [5.41, 5.74) is 0. The van der Waals surface area contributed by atoms with Gasteiger partial charge in [-0.15, -0.1) is 0 Å². The Morgan fingerprint density at radius 1 is 1.42 bits per heavy atom. The zero-order valence-corrected chi connectivity index (χ0v) is 12.4. The molecule has 1 aromatic heterocycles. The predicted octanol–water partition coefficient (Wildman–Crippen LogP) is 1.44. The van der Waals surface area contributed by atoms with E-state index < -0.39 is 0 Å². The summed E-state index contributed by atoms with van der Waals surface area (Å²) >= 11 is 0. The molecule has 2 atom stereocenters. The molecule has 1 aliphatic heterocycles. The van der Waals surface area contributed by atoms with E-state index in [0.29, 0.717) is 12.1 Å². The van der Waals surface area contributed by atoms with Crippen LogP contribution in [0.2, 0.25) is 0 Å². The van der Waals surface area contributed by atoms with Crippen LogP contribution in [-0.4, -0.2) is 62.2 Å². The molecule has 1 aromatic rings. The monoisotopic (exact) mass is 265 g/mol. The van der Waals surface area contributed by atoms with Crippen molar-refractivity contribution in [3.63, 3.8) is 0 Å². The second-order valence-corrected chi connectivity index (χ2v) is 5.67. The molecule has 0 radical (unpaired) electrons. The molecule has 1 fully saturated rings. The van der Waals surface area contributed by atoms with E-state index in [2.05, 4.69) is 42.2 Å². The van der Waals surface area contributed by atoms with Crippen LogP contribution in [0.1, 0.15) is 19.1 Å². The third-order valence-corrected chi connectivity index (χ3v) is 4.06. The molecule has 0 amide bonds. The normalized spacial score (nSPS) is 23.6. The third kappa shape index (κ3) is 4.34. The van der Waals surface area contributed by atoms with Gasteiger partial charge in [0.25, 0.3) is 0 Å². The van der Waals surface area contributed by atoms with Gasteiger partial charge in [-0.2, -0.15) is 0 Å². The molecule has 0 aromatic carbocycles. The van der Waals surface area contributed by atoms with Gasteiger partial charge in [-0.3, -0.25) is 0 Å². The van der Waals surface area contributed by atoms with Gasteiger partial charge in [-0.25, -0.2) is 0 Å². The summed E-state index contributed by atoms with van der Waals surface area (Å²) < 4.78 is 5.48. The molecule has 1 aliphatic rings. The van der Waals surface area contributed by atoms with Crippen LogP contribution < -0.4 is 5.32 Å². The largest absolute Gasteiger partial charge is 0.469 e. The van der Waals surface area contributed by atoms with Gasteiger partial charge in [0, 0.05) is 38.1 Å². The van der Waals surface area contributed by atoms with Crippen LogP contribution in [0.5, 0.6) is 0 Å². The lowest BCUT2D eigenvalue weighted by atomic mass is 10.00. The molecular weight excluding hydrogens is 238 g/mol. The molecule has 19 heavy (non-hydrogen) atoms. The summed E-state index contributed by atoms with van der Waals surface area (Å²) in [5.74, 6) is 1.08. The van der Waals surface area contributed by atoms with Crippen LogP contribution in [0.4, 0.5) is 0 Å². The number of nitrogens with one attached hydrogen (secondary N) is 1. The quantitative estimate of drug-likeness (QED) is 0.843. The molecule has 0 bridgehead atoms. The lowest BCUT2D eigenvalue weighted by Gasteiger charge is -2.39. The minimum absolute atomic E-state index is 0.495. The van der Waals surface area contributed by atoms with E-state index in [0.717, 1.165) is 25.3 Å². The van der Waals surface area contributed by atoms with Crippen molar-refractivity contribution < 1.29 is 4.42 Å². The molecule has 108 valence electrons. The molecule has 2 heterocycles. The van der Waals surface area contributed by atoms with Crippen LogP contribution >= 0.6 is 0 Å². The van der Waals surface area contributed by atoms with Gasteiger partial charge in [0.2, 0.25) is 0 Å². The van der Waals surface area contributed by atoms with Gasteiger partial charge in [0.05, 0.1) is 6.26 Å². The Hall–Kier alpha value is -0.840. The third-order valence-electron chi connectivity index (χ3n) is 4.06. The first-order valence-corrected chi connectivity index (χ1v) is 7.33. The van der Waals surface area contributed by atoms with Gasteiger partial charge in [-0.1, -0.05) is 6.92 Å². The maximum atomic E-state index is 5.48. The predicted molar refractivity (Wildman–Crippen MR) is 78.4 cm³/mol. The molecule has 0 aliphatic carbocycles. The van der Waals surface area contributed by atoms with Crippen molar-refractivity contribution in [2.75, 3.05) is 40.3 Å². The highest BCUT2D eigenvalue weighted by Gasteiger charge is 2.25. The topological polar surface area (TPSA) is 31.7 Å². The average molecular weight is 265 g/mol. The zero-order valence-electron chi connectivity index (χ0n) is 12.4. The van der Waals surface area contributed by atoms with E-state index in [1.807, 2.05) is 6.07 Å². The average Bonchev–Trinajstić information content (AvgIpc) is 2.87. The standard InChI is InChI=1S/C15H27N3O/c1-4-16-13(11-15-6-5-9-19-15)10-14-12-17(2)7-8-18(14)3/h5-6,9,13-14,16H,4,7-8,10-12H2,1-3H3. The number of piperazine rings is 1. The number of furan rings is 1. The summed E-state index contributed by atoms with van der Waals surface area (Å²) in [6.45, 7) is 6.69. The van der Waals surface area contributed by atoms with Crippen molar-refractivity contribution in [1.29, 1.82) is 0 Å². The van der Waals surface area contributed by atoms with Gasteiger partial charge in [0.15, 0.2) is 0 Å². The Labute approximate surface area is 116 Å². The van der Waals surface area contributed by atoms with Crippen LogP contribution in [0.15, 0.2) is 22.8 Å². The Bertz CT molecular complexity index is 352. The Kier molecular flexibility index (Phi) is 5.43. The highest BCUT2D eigenvalue weighted by Crippen LogP contribution is 2.15. The lowest BCUT2D eigenvalue weighted by Crippen LogP contribution is -2.52. The van der Waals surface area contributed by atoms with E-state index in [-0.39, 0.29) is 0 Å². The summed E-state index contributed by atoms with van der Waals surface area (Å²) in [6.07, 6.45) is 3.92. The molecule has 0 saturated carbocycles. The molecule has 0 spiro atoms. The van der Waals surface area contributed by atoms with E-state index in [9.17, 15) is 0 Å². The van der Waals surface area contributed by atoms with Crippen molar-refractivity contribution in [2.45, 2.75) is 31.8 Å². The molecule has 2 rings (SSSR count). The molecule has 2 unspecified atom stereocenters. The maximum Gasteiger partial charge on any atom is 0.105 e. The lowest BCUT2D eigenvalue weighted by molar-refractivity contribution is 0.101. The van der Waals surface area contributed by atoms with Crippen LogP contribution in [0, 0.1) is 0 Å². The maximum absolute atomic E-state index is 5.48. The second kappa shape index (κ2) is 7.08. The summed E-state index contributed by atoms with van der Waals surface area (Å²) in [6, 6.07) is 5.17. The zero-order chi connectivity index (χ0) is 13.7. The number of hydrogen-bond acceptors (Lipinski definition) is 4. The first-order valence-electron chi connectivity index (χ1n) is 7.33. The molecule has 1 saturated heterocycles. The van der Waals surface area contributed by atoms with E-state index in [1.165, 1.54) is 19.5 Å². The Balaban J connectivity index is 1.91. The summed E-state index contributed by atoms with van der Waals surface area (Å²) in [4.78, 5) is 4.92. The smallest absolute Gasteiger partial charge is 0.105 e. The molecule has 4 nitrogen and oxygen atoms in total. The summed E-state index contributed by atoms with van der Waals surface area (Å²) in [7, 11) is 4.46. The van der Waals surface area contributed by atoms with Crippen LogP contribution in [0.25, 0.3) is 0 Å². The van der Waals surface area contributed by atoms with Crippen molar-refractivity contribution in [3.05, 3.63) is 24.2 Å². The summed E-state index contributed by atoms with van der Waals surface area (Å²) in [5, 5.41) is 3.60. The van der Waals surface area contributed by atoms with Gasteiger partial charge < -0.3 is 19.5 Å². The van der Waals surface area contributed by atoms with E-state index >= 15 is 0 Å². The molecular formula is C15H27N3O. The number of nitrogens with zero attached hydrogens (tertiary/aromatic N) is 2. The number of rotatable bonds is 6. The fourth-order valence-corrected chi connectivity index (χ4v) is 2.88. The fourth-order valence-electron chi connectivity index (χ4n) is 2.88. The van der Waals surface area contributed by atoms with Gasteiger partial charge >= 0.3 is 0 Å². The minimum atomic E-state index is 0.495. The van der Waals surface area contributed by atoms with Crippen LogP contribution in [-0.2, 0) is 6.42 Å². The van der Waals surface area contributed by atoms with Gasteiger partial charge in [-0.05, 0) is 39.2 Å². The van der Waals surface area contributed by atoms with Crippen LogP contribution in [0.3, 0.4) is 0 Å². The number of hydrogen-bond donors (Lipinski definition) is 1. The minimum Gasteiger partial charge on any atom is -0.469 e. The van der Waals surface area contributed by atoms with Crippen molar-refractivity contribution >= 4 is 0 Å². The molecule has 4 heteroatoms. The second-order valence-electron chi connectivity index (χ2n) is 5.67. The first kappa shape index (κ1) is 14.6. The van der Waals surface area contributed by atoms with Gasteiger partial charge in [0.1, 0.15) is 5.76 Å². The van der Waals surface area contributed by atoms with Crippen molar-refractivity contribution in [1.82, 2.24) is 15.1 Å². The highest BCUT2D eigenvalue weighted by molar-refractivity contribution is 5.01. The first-order chi connectivity index (χ1) is 9.19. The van der Waals surface area contributed by atoms with Crippen molar-refractivity contribution in [2.24, 2.45) is 0 Å². The SMILES string of the molecule is CCNC(Cc1ccco1)CC1CN(C)CCN1C. The fraction of sp³-hybridized carbons (Fsp3) is 0.733. The molecule has 1 N–H and O–H groups in total. The Morgan fingerprint density at radius 2 is 2.26 bits per heavy atom. The Morgan fingerprint density at radius 3 is 2.95 bits per heavy atom. The van der Waals surface area contributed by atoms with Crippen molar-refractivity contribution in [3.8, 4) is 0 Å².